The number of hydrogen-bond acceptors (Lipinski definition) is 5. The van der Waals surface area contributed by atoms with Crippen molar-refractivity contribution in [2.75, 3.05) is 20.6 Å². The molecule has 198 valence electrons. The minimum Gasteiger partial charge on any atom is -0.349 e. The van der Waals surface area contributed by atoms with E-state index in [0.717, 1.165) is 4.31 Å². The highest BCUT2D eigenvalue weighted by Crippen LogP contribution is 2.35. The first-order chi connectivity index (χ1) is 16.0. The molecule has 8 nitrogen and oxygen atoms in total. The third-order valence-corrected chi connectivity index (χ3v) is 7.18. The van der Waals surface area contributed by atoms with E-state index in [1.807, 2.05) is 20.8 Å². The summed E-state index contributed by atoms with van der Waals surface area (Å²) in [6.45, 7) is 5.53. The van der Waals surface area contributed by atoms with Crippen LogP contribution >= 0.6 is 24.8 Å². The van der Waals surface area contributed by atoms with Gasteiger partial charge in [0.05, 0.1) is 22.5 Å². The molecule has 0 saturated heterocycles. The molecule has 1 aromatic carbocycles. The van der Waals surface area contributed by atoms with E-state index in [1.54, 1.807) is 34.9 Å². The standard InChI is InChI=1S/C24H30FN5O3S.2ClH/c1-15(2)27-24(31)20-9-10-21-23(28-20)22(16(3)30(21)14-18(25)11-12-26)17-7-6-8-19(13-17)34(32,33)29(4)5;;/h6-11,13,15H,12,14,26H2,1-5H3,(H,27,31);2*1H/b18-11-;;. The molecular weight excluding hydrogens is 528 g/mol. The topological polar surface area (TPSA) is 110 Å². The molecule has 12 heteroatoms. The van der Waals surface area contributed by atoms with Crippen LogP contribution < -0.4 is 11.1 Å². The summed E-state index contributed by atoms with van der Waals surface area (Å²) in [5.74, 6) is -0.731. The first kappa shape index (κ1) is 31.5. The Labute approximate surface area is 223 Å². The molecule has 0 radical (unpaired) electrons. The summed E-state index contributed by atoms with van der Waals surface area (Å²) in [6.07, 6.45) is 1.30. The van der Waals surface area contributed by atoms with Crippen LogP contribution in [0.4, 0.5) is 4.39 Å². The number of pyridine rings is 1. The average molecular weight is 561 g/mol. The molecule has 0 aliphatic rings. The van der Waals surface area contributed by atoms with Crippen molar-refractivity contribution >= 4 is 51.8 Å². The van der Waals surface area contributed by atoms with Gasteiger partial charge in [-0.3, -0.25) is 4.79 Å². The third kappa shape index (κ3) is 6.43. The van der Waals surface area contributed by atoms with Gasteiger partial charge in [-0.2, -0.15) is 0 Å². The second-order valence-electron chi connectivity index (χ2n) is 8.44. The number of halogens is 3. The lowest BCUT2D eigenvalue weighted by molar-refractivity contribution is 0.0938. The van der Waals surface area contributed by atoms with E-state index in [9.17, 15) is 17.6 Å². The predicted molar refractivity (Wildman–Crippen MR) is 146 cm³/mol. The number of carbonyl (C=O) groups is 1. The number of rotatable bonds is 8. The van der Waals surface area contributed by atoms with E-state index in [4.69, 9.17) is 5.73 Å². The number of fused-ring (bicyclic) bond motifs is 1. The number of allylic oxidation sites excluding steroid dienone is 1. The molecular formula is C24H32Cl2FN5O3S. The van der Waals surface area contributed by atoms with Gasteiger partial charge in [0.2, 0.25) is 10.0 Å². The molecule has 2 aromatic heterocycles. The Morgan fingerprint density at radius 3 is 2.47 bits per heavy atom. The first-order valence-electron chi connectivity index (χ1n) is 10.9. The zero-order valence-corrected chi connectivity index (χ0v) is 23.2. The van der Waals surface area contributed by atoms with Gasteiger partial charge in [-0.05, 0) is 56.7 Å². The van der Waals surface area contributed by atoms with Gasteiger partial charge in [0.1, 0.15) is 11.5 Å². The van der Waals surface area contributed by atoms with Crippen molar-refractivity contribution in [2.24, 2.45) is 5.73 Å². The minimum absolute atomic E-state index is 0. The van der Waals surface area contributed by atoms with Crippen LogP contribution in [0.1, 0.15) is 30.0 Å². The molecule has 3 N–H and O–H groups in total. The fourth-order valence-corrected chi connectivity index (χ4v) is 4.67. The highest BCUT2D eigenvalue weighted by molar-refractivity contribution is 7.89. The second kappa shape index (κ2) is 12.6. The van der Waals surface area contributed by atoms with Gasteiger partial charge >= 0.3 is 0 Å². The number of nitrogens with two attached hydrogens (primary N) is 1. The van der Waals surface area contributed by atoms with E-state index in [0.29, 0.717) is 27.9 Å². The van der Waals surface area contributed by atoms with Crippen molar-refractivity contribution in [3.8, 4) is 11.1 Å². The lowest BCUT2D eigenvalue weighted by Gasteiger charge is -2.13. The van der Waals surface area contributed by atoms with Crippen LogP contribution in [0.25, 0.3) is 22.2 Å². The van der Waals surface area contributed by atoms with Crippen molar-refractivity contribution < 1.29 is 17.6 Å². The van der Waals surface area contributed by atoms with E-state index in [-0.39, 0.29) is 60.4 Å². The third-order valence-electron chi connectivity index (χ3n) is 5.37. The number of carbonyl (C=O) groups excluding carboxylic acids is 1. The predicted octanol–water partition coefficient (Wildman–Crippen LogP) is 4.06. The van der Waals surface area contributed by atoms with Gasteiger partial charge in [-0.25, -0.2) is 22.1 Å². The Bertz CT molecular complexity index is 1370. The van der Waals surface area contributed by atoms with Crippen LogP contribution in [-0.2, 0) is 16.6 Å². The zero-order valence-electron chi connectivity index (χ0n) is 20.8. The fourth-order valence-electron chi connectivity index (χ4n) is 3.72. The fraction of sp³-hybridized carbons (Fsp3) is 0.333. The van der Waals surface area contributed by atoms with Crippen molar-refractivity contribution in [1.29, 1.82) is 0 Å². The highest BCUT2D eigenvalue weighted by Gasteiger charge is 2.23. The van der Waals surface area contributed by atoms with Crippen LogP contribution in [-0.4, -0.2) is 54.9 Å². The van der Waals surface area contributed by atoms with Crippen molar-refractivity contribution in [1.82, 2.24) is 19.2 Å². The summed E-state index contributed by atoms with van der Waals surface area (Å²) in [5, 5.41) is 2.82. The molecule has 3 aromatic rings. The van der Waals surface area contributed by atoms with Gasteiger partial charge < -0.3 is 15.6 Å². The molecule has 0 aliphatic heterocycles. The zero-order chi connectivity index (χ0) is 25.2. The van der Waals surface area contributed by atoms with Crippen molar-refractivity contribution in [2.45, 2.75) is 38.3 Å². The summed E-state index contributed by atoms with van der Waals surface area (Å²) < 4.78 is 42.8. The lowest BCUT2D eigenvalue weighted by atomic mass is 10.0. The Hall–Kier alpha value is -2.50. The van der Waals surface area contributed by atoms with E-state index in [1.165, 1.54) is 26.2 Å². The largest absolute Gasteiger partial charge is 0.349 e. The molecule has 0 bridgehead atoms. The molecule has 36 heavy (non-hydrogen) atoms. The summed E-state index contributed by atoms with van der Waals surface area (Å²) in [4.78, 5) is 17.3. The summed E-state index contributed by atoms with van der Waals surface area (Å²) in [6, 6.07) is 9.76. The van der Waals surface area contributed by atoms with Crippen molar-refractivity contribution in [3.63, 3.8) is 0 Å². The minimum atomic E-state index is -3.67. The Kier molecular flexibility index (Phi) is 11.1. The number of nitrogens with zero attached hydrogens (tertiary/aromatic N) is 3. The highest BCUT2D eigenvalue weighted by atomic mass is 35.5. The van der Waals surface area contributed by atoms with Crippen LogP contribution in [0.3, 0.4) is 0 Å². The Morgan fingerprint density at radius 1 is 1.22 bits per heavy atom. The quantitative estimate of drug-likeness (QED) is 0.432. The summed E-state index contributed by atoms with van der Waals surface area (Å²) in [7, 11) is -0.739. The number of hydrogen-bond donors (Lipinski definition) is 2. The monoisotopic (exact) mass is 559 g/mol. The summed E-state index contributed by atoms with van der Waals surface area (Å²) >= 11 is 0. The molecule has 2 heterocycles. The maximum absolute atomic E-state index is 14.5. The molecule has 0 unspecified atom stereocenters. The molecule has 3 rings (SSSR count). The Morgan fingerprint density at radius 2 is 1.89 bits per heavy atom. The maximum atomic E-state index is 14.5. The average Bonchev–Trinajstić information content (AvgIpc) is 3.04. The lowest BCUT2D eigenvalue weighted by Crippen LogP contribution is -2.30. The van der Waals surface area contributed by atoms with Gasteiger partial charge in [0, 0.05) is 37.9 Å². The molecule has 0 aliphatic carbocycles. The molecule has 0 saturated carbocycles. The summed E-state index contributed by atoms with van der Waals surface area (Å²) in [5.41, 5.74) is 8.69. The molecule has 0 atom stereocenters. The van der Waals surface area contributed by atoms with Crippen LogP contribution in [0, 0.1) is 6.92 Å². The van der Waals surface area contributed by atoms with E-state index < -0.39 is 15.9 Å². The number of nitrogens with one attached hydrogen (secondary N) is 1. The van der Waals surface area contributed by atoms with Gasteiger partial charge in [0.15, 0.2) is 0 Å². The number of aromatic nitrogens is 2. The van der Waals surface area contributed by atoms with Crippen LogP contribution in [0.15, 0.2) is 53.2 Å². The smallest absolute Gasteiger partial charge is 0.270 e. The maximum Gasteiger partial charge on any atom is 0.270 e. The van der Waals surface area contributed by atoms with Crippen LogP contribution in [0.2, 0.25) is 0 Å². The first-order valence-corrected chi connectivity index (χ1v) is 12.3. The number of benzene rings is 1. The van der Waals surface area contributed by atoms with E-state index >= 15 is 0 Å². The molecule has 1 amide bonds. The van der Waals surface area contributed by atoms with Crippen molar-refractivity contribution in [3.05, 3.63) is 59.7 Å². The van der Waals surface area contributed by atoms with Crippen LogP contribution in [0.5, 0.6) is 0 Å². The molecule has 0 fully saturated rings. The van der Waals surface area contributed by atoms with Gasteiger partial charge in [-0.1, -0.05) is 12.1 Å². The van der Waals surface area contributed by atoms with E-state index in [2.05, 4.69) is 10.3 Å². The SMILES string of the molecule is Cc1c(-c2cccc(S(=O)(=O)N(C)C)c2)c2nc(C(=O)NC(C)C)ccc2n1C/C(F)=C/CN.Cl.Cl. The second-order valence-corrected chi connectivity index (χ2v) is 10.6. The van der Waals surface area contributed by atoms with Gasteiger partial charge in [0.25, 0.3) is 5.91 Å². The Balaban J connectivity index is 0.00000324. The number of amides is 1. The molecule has 0 spiro atoms. The van der Waals surface area contributed by atoms with Gasteiger partial charge in [-0.15, -0.1) is 24.8 Å². The number of sulfonamides is 1. The normalized spacial score (nSPS) is 12.0.